The lowest BCUT2D eigenvalue weighted by Gasteiger charge is -2.22. The zero-order valence-corrected chi connectivity index (χ0v) is 11.7. The SMILES string of the molecule is CCCCOCCOC(=O)C(C)(N)c1ccccc1. The number of unbranched alkanes of at least 4 members (excludes halogenated alkanes) is 1. The van der Waals surface area contributed by atoms with Crippen LogP contribution in [0.5, 0.6) is 0 Å². The van der Waals surface area contributed by atoms with E-state index in [1.54, 1.807) is 6.92 Å². The largest absolute Gasteiger partial charge is 0.462 e. The van der Waals surface area contributed by atoms with Gasteiger partial charge in [-0.2, -0.15) is 0 Å². The summed E-state index contributed by atoms with van der Waals surface area (Å²) < 4.78 is 10.5. The van der Waals surface area contributed by atoms with Gasteiger partial charge < -0.3 is 15.2 Å². The van der Waals surface area contributed by atoms with Crippen molar-refractivity contribution in [3.05, 3.63) is 35.9 Å². The number of ether oxygens (including phenoxy) is 2. The topological polar surface area (TPSA) is 61.5 Å². The minimum Gasteiger partial charge on any atom is -0.462 e. The van der Waals surface area contributed by atoms with Gasteiger partial charge in [-0.3, -0.25) is 0 Å². The van der Waals surface area contributed by atoms with E-state index in [1.165, 1.54) is 0 Å². The van der Waals surface area contributed by atoms with Gasteiger partial charge in [0.15, 0.2) is 0 Å². The third-order valence-electron chi connectivity index (χ3n) is 2.90. The third-order valence-corrected chi connectivity index (χ3v) is 2.90. The first-order chi connectivity index (χ1) is 9.09. The molecule has 0 aromatic heterocycles. The normalized spacial score (nSPS) is 13.8. The molecule has 4 nitrogen and oxygen atoms in total. The Bertz CT molecular complexity index is 376. The van der Waals surface area contributed by atoms with Crippen LogP contribution in [0, 0.1) is 0 Å². The highest BCUT2D eigenvalue weighted by atomic mass is 16.6. The summed E-state index contributed by atoms with van der Waals surface area (Å²) in [5.74, 6) is -0.433. The van der Waals surface area contributed by atoms with Crippen LogP contribution in [0.2, 0.25) is 0 Å². The third kappa shape index (κ3) is 5.01. The van der Waals surface area contributed by atoms with Gasteiger partial charge in [0.1, 0.15) is 12.1 Å². The average molecular weight is 265 g/mol. The molecule has 0 spiro atoms. The molecule has 0 aliphatic heterocycles. The van der Waals surface area contributed by atoms with Crippen LogP contribution in [0.1, 0.15) is 32.3 Å². The van der Waals surface area contributed by atoms with Crippen molar-refractivity contribution in [2.75, 3.05) is 19.8 Å². The van der Waals surface area contributed by atoms with Crippen LogP contribution in [0.3, 0.4) is 0 Å². The van der Waals surface area contributed by atoms with Gasteiger partial charge in [-0.25, -0.2) is 4.79 Å². The molecular weight excluding hydrogens is 242 g/mol. The zero-order chi connectivity index (χ0) is 14.1. The Balaban J connectivity index is 2.36. The smallest absolute Gasteiger partial charge is 0.330 e. The molecule has 1 unspecified atom stereocenters. The number of benzene rings is 1. The van der Waals surface area contributed by atoms with E-state index in [2.05, 4.69) is 6.92 Å². The first kappa shape index (κ1) is 15.7. The van der Waals surface area contributed by atoms with Gasteiger partial charge in [0.05, 0.1) is 6.61 Å². The Kier molecular flexibility index (Phi) is 6.53. The van der Waals surface area contributed by atoms with Crippen LogP contribution in [-0.2, 0) is 19.8 Å². The van der Waals surface area contributed by atoms with Crippen molar-refractivity contribution in [2.24, 2.45) is 5.73 Å². The summed E-state index contributed by atoms with van der Waals surface area (Å²) in [5.41, 5.74) is 5.65. The first-order valence-electron chi connectivity index (χ1n) is 6.68. The lowest BCUT2D eigenvalue weighted by Crippen LogP contribution is -2.43. The van der Waals surface area contributed by atoms with E-state index in [1.807, 2.05) is 30.3 Å². The van der Waals surface area contributed by atoms with Gasteiger partial charge in [-0.1, -0.05) is 43.7 Å². The molecular formula is C15H23NO3. The molecule has 0 aliphatic rings. The lowest BCUT2D eigenvalue weighted by atomic mass is 9.93. The van der Waals surface area contributed by atoms with Crippen LogP contribution in [-0.4, -0.2) is 25.8 Å². The second kappa shape index (κ2) is 7.92. The molecule has 0 saturated heterocycles. The van der Waals surface area contributed by atoms with Crippen molar-refractivity contribution in [3.63, 3.8) is 0 Å². The number of esters is 1. The van der Waals surface area contributed by atoms with Crippen LogP contribution < -0.4 is 5.73 Å². The fourth-order valence-corrected chi connectivity index (χ4v) is 1.59. The van der Waals surface area contributed by atoms with Gasteiger partial charge in [0.25, 0.3) is 0 Å². The highest BCUT2D eigenvalue weighted by molar-refractivity contribution is 5.81. The molecule has 0 aliphatic carbocycles. The van der Waals surface area contributed by atoms with E-state index >= 15 is 0 Å². The molecule has 0 saturated carbocycles. The Morgan fingerprint density at radius 3 is 2.53 bits per heavy atom. The van der Waals surface area contributed by atoms with Crippen molar-refractivity contribution in [2.45, 2.75) is 32.2 Å². The predicted octanol–water partition coefficient (Wildman–Crippen LogP) is 2.22. The van der Waals surface area contributed by atoms with Crippen molar-refractivity contribution < 1.29 is 14.3 Å². The molecule has 1 aromatic carbocycles. The molecule has 0 amide bonds. The van der Waals surface area contributed by atoms with E-state index in [4.69, 9.17) is 15.2 Å². The van der Waals surface area contributed by atoms with Gasteiger partial charge in [-0.05, 0) is 18.9 Å². The number of hydrogen-bond acceptors (Lipinski definition) is 4. The molecule has 106 valence electrons. The van der Waals surface area contributed by atoms with E-state index < -0.39 is 11.5 Å². The van der Waals surface area contributed by atoms with Crippen LogP contribution >= 0.6 is 0 Å². The summed E-state index contributed by atoms with van der Waals surface area (Å²) >= 11 is 0. The van der Waals surface area contributed by atoms with E-state index in [-0.39, 0.29) is 6.61 Å². The molecule has 1 aromatic rings. The molecule has 0 radical (unpaired) electrons. The second-order valence-corrected chi connectivity index (χ2v) is 4.67. The highest BCUT2D eigenvalue weighted by Gasteiger charge is 2.31. The Labute approximate surface area is 114 Å². The maximum atomic E-state index is 12.0. The summed E-state index contributed by atoms with van der Waals surface area (Å²) in [7, 11) is 0. The van der Waals surface area contributed by atoms with E-state index in [9.17, 15) is 4.79 Å². The lowest BCUT2D eigenvalue weighted by molar-refractivity contribution is -0.151. The maximum absolute atomic E-state index is 12.0. The summed E-state index contributed by atoms with van der Waals surface area (Å²) in [6.07, 6.45) is 2.11. The predicted molar refractivity (Wildman–Crippen MR) is 74.7 cm³/mol. The number of hydrogen-bond donors (Lipinski definition) is 1. The Hall–Kier alpha value is -1.39. The van der Waals surface area contributed by atoms with Crippen LogP contribution in [0.4, 0.5) is 0 Å². The first-order valence-corrected chi connectivity index (χ1v) is 6.68. The standard InChI is InChI=1S/C15H23NO3/c1-3-4-10-18-11-12-19-14(17)15(2,16)13-8-6-5-7-9-13/h5-9H,3-4,10-12,16H2,1-2H3. The number of rotatable bonds is 8. The van der Waals surface area contributed by atoms with Gasteiger partial charge in [-0.15, -0.1) is 0 Å². The molecule has 1 atom stereocenters. The monoisotopic (exact) mass is 265 g/mol. The quantitative estimate of drug-likeness (QED) is 0.578. The summed E-state index contributed by atoms with van der Waals surface area (Å²) in [6, 6.07) is 9.22. The fraction of sp³-hybridized carbons (Fsp3) is 0.533. The number of carbonyl (C=O) groups is 1. The van der Waals surface area contributed by atoms with Crippen molar-refractivity contribution >= 4 is 5.97 Å². The number of carbonyl (C=O) groups excluding carboxylic acids is 1. The molecule has 0 bridgehead atoms. The van der Waals surface area contributed by atoms with Crippen LogP contribution in [0.25, 0.3) is 0 Å². The fourth-order valence-electron chi connectivity index (χ4n) is 1.59. The minimum atomic E-state index is -1.12. The van der Waals surface area contributed by atoms with Gasteiger partial charge in [0.2, 0.25) is 0 Å². The Morgan fingerprint density at radius 1 is 1.21 bits per heavy atom. The van der Waals surface area contributed by atoms with Crippen molar-refractivity contribution in [1.29, 1.82) is 0 Å². The summed E-state index contributed by atoms with van der Waals surface area (Å²) in [5, 5.41) is 0. The van der Waals surface area contributed by atoms with Crippen molar-refractivity contribution in [3.8, 4) is 0 Å². The van der Waals surface area contributed by atoms with Gasteiger partial charge >= 0.3 is 5.97 Å². The molecule has 2 N–H and O–H groups in total. The number of nitrogens with two attached hydrogens (primary N) is 1. The molecule has 0 fully saturated rings. The molecule has 0 heterocycles. The zero-order valence-electron chi connectivity index (χ0n) is 11.7. The molecule has 19 heavy (non-hydrogen) atoms. The van der Waals surface area contributed by atoms with E-state index in [0.717, 1.165) is 18.4 Å². The maximum Gasteiger partial charge on any atom is 0.330 e. The second-order valence-electron chi connectivity index (χ2n) is 4.67. The highest BCUT2D eigenvalue weighted by Crippen LogP contribution is 2.18. The summed E-state index contributed by atoms with van der Waals surface area (Å²) in [4.78, 5) is 12.0. The van der Waals surface area contributed by atoms with Crippen LogP contribution in [0.15, 0.2) is 30.3 Å². The molecule has 4 heteroatoms. The molecule has 1 rings (SSSR count). The van der Waals surface area contributed by atoms with E-state index in [0.29, 0.717) is 13.2 Å². The Morgan fingerprint density at radius 2 is 1.89 bits per heavy atom. The van der Waals surface area contributed by atoms with Crippen molar-refractivity contribution in [1.82, 2.24) is 0 Å². The minimum absolute atomic E-state index is 0.238. The average Bonchev–Trinajstić information content (AvgIpc) is 2.43. The summed E-state index contributed by atoms with van der Waals surface area (Å²) in [6.45, 7) is 5.11. The van der Waals surface area contributed by atoms with Gasteiger partial charge in [0, 0.05) is 6.61 Å².